The molecule has 6 aliphatic rings. The predicted molar refractivity (Wildman–Crippen MR) is 522 cm³/mol. The van der Waals surface area contributed by atoms with Crippen molar-refractivity contribution >= 4 is 147 Å². The number of aryl methyl sites for hydroxylation is 1. The molecule has 600 valence electrons. The van der Waals surface area contributed by atoms with E-state index in [-0.39, 0.29) is 41.8 Å². The quantitative estimate of drug-likeness (QED) is 0.160. The monoisotopic (exact) mass is 1600 g/mol. The second kappa shape index (κ2) is 28.6. The Morgan fingerprint density at radius 1 is 0.218 bits per heavy atom. The van der Waals surface area contributed by atoms with Gasteiger partial charge < -0.3 is 37.9 Å². The van der Waals surface area contributed by atoms with Crippen molar-refractivity contribution in [3.05, 3.63) is 368 Å². The van der Waals surface area contributed by atoms with Gasteiger partial charge in [-0.25, -0.2) is 0 Å². The molecule has 8 nitrogen and oxygen atoms in total. The first-order valence-corrected chi connectivity index (χ1v) is 43.7. The zero-order valence-corrected chi connectivity index (χ0v) is 72.5. The van der Waals surface area contributed by atoms with Gasteiger partial charge in [-0.05, 0) is 227 Å². The Kier molecular flexibility index (Phi) is 17.6. The van der Waals surface area contributed by atoms with E-state index in [0.717, 1.165) is 79.4 Å². The fourth-order valence-corrected chi connectivity index (χ4v) is 20.1. The van der Waals surface area contributed by atoms with E-state index in [1.807, 2.05) is 24.3 Å². The van der Waals surface area contributed by atoms with Crippen molar-refractivity contribution in [2.24, 2.45) is 0 Å². The largest absolute Gasteiger partial charge is 0.458 e. The number of ether oxygens (including phenoxy) is 4. The highest BCUT2D eigenvalue weighted by atomic mass is 16.5. The smallest absolute Gasteiger partial charge is 0.260 e. The number of aromatic nitrogens is 2. The molecule has 8 heterocycles. The Morgan fingerprint density at radius 3 is 0.855 bits per heavy atom. The molecule has 16 aromatic carbocycles. The average Bonchev–Trinajstić information content (AvgIpc) is 0.869. The Hall–Kier alpha value is -13.9. The molecule has 0 atom stereocenters. The molecule has 11 heteroatoms. The van der Waals surface area contributed by atoms with Crippen molar-refractivity contribution in [2.45, 2.75) is 112 Å². The molecule has 0 saturated carbocycles. The Labute approximate surface area is 727 Å². The molecular formula is C113H95B3N4O4. The highest BCUT2D eigenvalue weighted by Gasteiger charge is 2.46. The summed E-state index contributed by atoms with van der Waals surface area (Å²) in [6.07, 6.45) is 0. The molecule has 0 amide bonds. The molecule has 0 radical (unpaired) electrons. The van der Waals surface area contributed by atoms with Gasteiger partial charge >= 0.3 is 0 Å². The SMILES string of the molecule is Cc1cc2c3c(c1)N(c1ccc(C(C)(C)C)cc1)c1ccc(C(C)(C)C)cc1B3c1cc(C(C)(C)C)ccc1N2c1ccc(C(C)(C)C)cc1.c1ccc2c(c1)Oc1cc(-c3ccc(-n4c5ccccc5c5ccccc54)cc3)cc3c1B2c1ccccc1O3.c1ccc2c(c1)Oc1cc(-n3c4ccccc4c4ccccc43)cc3c1B2c1ccccc1O3. The van der Waals surface area contributed by atoms with Crippen LogP contribution in [-0.4, -0.2) is 29.3 Å². The van der Waals surface area contributed by atoms with Crippen LogP contribution in [0.4, 0.5) is 34.1 Å². The van der Waals surface area contributed by atoms with Crippen LogP contribution in [0.1, 0.15) is 111 Å². The van der Waals surface area contributed by atoms with Gasteiger partial charge in [0.05, 0.1) is 27.8 Å². The minimum atomic E-state index is 0.0240. The molecule has 0 N–H and O–H groups in total. The van der Waals surface area contributed by atoms with Crippen molar-refractivity contribution in [1.82, 2.24) is 9.13 Å². The summed E-state index contributed by atoms with van der Waals surface area (Å²) in [6, 6.07) is 123. The third-order valence-corrected chi connectivity index (χ3v) is 26.4. The fraction of sp³-hybridized carbons (Fsp3) is 0.150. The van der Waals surface area contributed by atoms with E-state index in [4.69, 9.17) is 18.9 Å². The standard InChI is InChI=1S/C47H55BN2.C36H22BNO2.C30H18BNO2/c1-30-26-41-43-42(27-30)50(36-22-16-32(17-23-36)45(5,6)7)40-25-19-34(47(11,12)13)29-38(40)48(43)37-28-33(46(8,9)10)18-24-39(37)49(41)35-20-14-31(15-21-35)44(2,3)4;1-5-13-30-26(9-1)27-10-2-6-14-31(27)38(30)25-19-17-23(18-20-25)24-21-34-36-35(22-24)40-33-16-8-4-12-29(33)37(36)28-11-3-7-15-32(28)39-34;1-5-13-24-20(9-1)21-10-2-6-14-25(21)32(24)19-17-28-30-29(18-19)34-27-16-8-4-12-23(27)31(30)22-11-3-7-15-26(22)33-28/h14-29H,1-13H3;1-22H;1-18H. The van der Waals surface area contributed by atoms with Crippen molar-refractivity contribution in [3.63, 3.8) is 0 Å². The summed E-state index contributed by atoms with van der Waals surface area (Å²) in [4.78, 5) is 5.08. The molecule has 0 bridgehead atoms. The van der Waals surface area contributed by atoms with E-state index in [1.54, 1.807) is 0 Å². The number of benzene rings is 16. The Morgan fingerprint density at radius 2 is 0.508 bits per heavy atom. The Bertz CT molecular complexity index is 7000. The molecule has 0 spiro atoms. The number of anilines is 6. The second-order valence-electron chi connectivity index (χ2n) is 38.4. The summed E-state index contributed by atoms with van der Waals surface area (Å²) in [5.41, 5.74) is 34.5. The summed E-state index contributed by atoms with van der Waals surface area (Å²) < 4.78 is 30.7. The highest BCUT2D eigenvalue weighted by Crippen LogP contribution is 2.49. The lowest BCUT2D eigenvalue weighted by Crippen LogP contribution is -2.61. The van der Waals surface area contributed by atoms with Crippen molar-refractivity contribution < 1.29 is 18.9 Å². The lowest BCUT2D eigenvalue weighted by atomic mass is 9.33. The fourth-order valence-electron chi connectivity index (χ4n) is 20.1. The molecule has 0 unspecified atom stereocenters. The third-order valence-electron chi connectivity index (χ3n) is 26.4. The zero-order valence-electron chi connectivity index (χ0n) is 72.5. The molecule has 6 aliphatic heterocycles. The van der Waals surface area contributed by atoms with Crippen LogP contribution in [-0.2, 0) is 21.7 Å². The number of rotatable bonds is 5. The molecular weight excluding hydrogens is 1510 g/mol. The summed E-state index contributed by atoms with van der Waals surface area (Å²) in [6.45, 7) is 30.3. The van der Waals surface area contributed by atoms with E-state index >= 15 is 0 Å². The zero-order chi connectivity index (χ0) is 84.6. The maximum Gasteiger partial charge on any atom is 0.260 e. The summed E-state index contributed by atoms with van der Waals surface area (Å²) in [5.74, 6) is 7.04. The number of nitrogens with zero attached hydrogens (tertiary/aromatic N) is 4. The van der Waals surface area contributed by atoms with Gasteiger partial charge in [0.1, 0.15) is 46.0 Å². The van der Waals surface area contributed by atoms with Gasteiger partial charge in [0, 0.05) is 84.4 Å². The van der Waals surface area contributed by atoms with Crippen LogP contribution < -0.4 is 77.9 Å². The van der Waals surface area contributed by atoms with Crippen molar-refractivity contribution in [3.8, 4) is 68.5 Å². The third kappa shape index (κ3) is 12.6. The molecule has 124 heavy (non-hydrogen) atoms. The molecule has 18 aromatic rings. The number of fused-ring (bicyclic) bond motifs is 18. The highest BCUT2D eigenvalue weighted by molar-refractivity contribution is 7.01. The first-order chi connectivity index (χ1) is 59.9. The van der Waals surface area contributed by atoms with Crippen LogP contribution >= 0.6 is 0 Å². The molecule has 24 rings (SSSR count). The van der Waals surface area contributed by atoms with E-state index in [2.05, 4.69) is 424 Å². The molecule has 0 saturated heterocycles. The van der Waals surface area contributed by atoms with Crippen molar-refractivity contribution in [2.75, 3.05) is 9.80 Å². The van der Waals surface area contributed by atoms with Gasteiger partial charge in [0.2, 0.25) is 0 Å². The van der Waals surface area contributed by atoms with E-state index < -0.39 is 0 Å². The van der Waals surface area contributed by atoms with Gasteiger partial charge in [-0.15, -0.1) is 0 Å². The van der Waals surface area contributed by atoms with E-state index in [0.29, 0.717) is 0 Å². The lowest BCUT2D eigenvalue weighted by Gasteiger charge is -2.45. The molecule has 2 aromatic heterocycles. The van der Waals surface area contributed by atoms with Crippen LogP contribution in [0.5, 0.6) is 46.0 Å². The molecule has 0 fully saturated rings. The van der Waals surface area contributed by atoms with Gasteiger partial charge in [-0.3, -0.25) is 0 Å². The minimum absolute atomic E-state index is 0.0240. The number of para-hydroxylation sites is 8. The Balaban J connectivity index is 0.000000112. The van der Waals surface area contributed by atoms with Gasteiger partial charge in [-0.2, -0.15) is 0 Å². The van der Waals surface area contributed by atoms with Crippen LogP contribution in [0, 0.1) is 6.92 Å². The number of hydrogen-bond acceptors (Lipinski definition) is 6. The topological polar surface area (TPSA) is 53.3 Å². The lowest BCUT2D eigenvalue weighted by molar-refractivity contribution is 0.464. The first kappa shape index (κ1) is 76.3. The van der Waals surface area contributed by atoms with Gasteiger partial charge in [0.25, 0.3) is 20.1 Å². The summed E-state index contributed by atoms with van der Waals surface area (Å²) in [5, 5.41) is 5.00. The average molecular weight is 1610 g/mol. The van der Waals surface area contributed by atoms with Crippen LogP contribution in [0.2, 0.25) is 0 Å². The van der Waals surface area contributed by atoms with Crippen LogP contribution in [0.3, 0.4) is 0 Å². The van der Waals surface area contributed by atoms with Crippen LogP contribution in [0.15, 0.2) is 340 Å². The van der Waals surface area contributed by atoms with Crippen molar-refractivity contribution in [1.29, 1.82) is 0 Å². The maximum atomic E-state index is 6.51. The summed E-state index contributed by atoms with van der Waals surface area (Å²) in [7, 11) is 0. The van der Waals surface area contributed by atoms with Gasteiger partial charge in [0.15, 0.2) is 0 Å². The second-order valence-corrected chi connectivity index (χ2v) is 38.4. The molecule has 0 aliphatic carbocycles. The first-order valence-electron chi connectivity index (χ1n) is 43.7. The summed E-state index contributed by atoms with van der Waals surface area (Å²) >= 11 is 0. The van der Waals surface area contributed by atoms with Gasteiger partial charge in [-0.1, -0.05) is 289 Å². The number of hydrogen-bond donors (Lipinski definition) is 0. The maximum absolute atomic E-state index is 6.51. The minimum Gasteiger partial charge on any atom is -0.458 e. The predicted octanol–water partition coefficient (Wildman–Crippen LogP) is 24.0. The van der Waals surface area contributed by atoms with E-state index in [1.165, 1.54) is 144 Å². The van der Waals surface area contributed by atoms with Crippen LogP contribution in [0.25, 0.3) is 66.1 Å². The normalized spacial score (nSPS) is 13.5. The van der Waals surface area contributed by atoms with E-state index in [9.17, 15) is 0 Å².